The van der Waals surface area contributed by atoms with Gasteiger partial charge in [-0.25, -0.2) is 8.42 Å². The first-order valence-corrected chi connectivity index (χ1v) is 13.6. The van der Waals surface area contributed by atoms with Crippen molar-refractivity contribution >= 4 is 21.8 Å². The summed E-state index contributed by atoms with van der Waals surface area (Å²) in [6.07, 6.45) is 6.83. The lowest BCUT2D eigenvalue weighted by Gasteiger charge is -2.31. The minimum absolute atomic E-state index is 0.0755. The van der Waals surface area contributed by atoms with Crippen LogP contribution in [-0.4, -0.2) is 60.6 Å². The van der Waals surface area contributed by atoms with Crippen molar-refractivity contribution in [1.82, 2.24) is 19.5 Å². The largest absolute Gasteiger partial charge is 0.356 e. The molecule has 2 aliphatic heterocycles. The first kappa shape index (κ1) is 24.5. The molecule has 2 fully saturated rings. The molecule has 0 radical (unpaired) electrons. The minimum Gasteiger partial charge on any atom is -0.356 e. The zero-order valence-electron chi connectivity index (χ0n) is 19.8. The maximum atomic E-state index is 13.3. The van der Waals surface area contributed by atoms with Gasteiger partial charge in [0.15, 0.2) is 0 Å². The van der Waals surface area contributed by atoms with Gasteiger partial charge in [0.25, 0.3) is 5.91 Å². The molecule has 8 nitrogen and oxygen atoms in total. The number of benzene rings is 1. The summed E-state index contributed by atoms with van der Waals surface area (Å²) in [4.78, 5) is 30.4. The van der Waals surface area contributed by atoms with E-state index in [9.17, 15) is 18.0 Å². The van der Waals surface area contributed by atoms with Gasteiger partial charge in [-0.1, -0.05) is 42.7 Å². The van der Waals surface area contributed by atoms with Crippen LogP contribution in [0.2, 0.25) is 0 Å². The predicted octanol–water partition coefficient (Wildman–Crippen LogP) is 3.06. The Morgan fingerprint density at radius 1 is 1.06 bits per heavy atom. The van der Waals surface area contributed by atoms with Crippen molar-refractivity contribution in [2.24, 2.45) is 5.92 Å². The summed E-state index contributed by atoms with van der Waals surface area (Å²) in [7, 11) is -3.80. The second kappa shape index (κ2) is 10.7. The van der Waals surface area contributed by atoms with E-state index in [1.165, 1.54) is 16.6 Å². The topological polar surface area (TPSA) is 103 Å². The zero-order chi connectivity index (χ0) is 24.1. The highest BCUT2D eigenvalue weighted by Crippen LogP contribution is 2.25. The Kier molecular flexibility index (Phi) is 7.73. The van der Waals surface area contributed by atoms with Gasteiger partial charge in [-0.05, 0) is 44.2 Å². The number of carbonyl (C=O) groups excluding carboxylic acids is 2. The van der Waals surface area contributed by atoms with Gasteiger partial charge < -0.3 is 15.2 Å². The third-order valence-electron chi connectivity index (χ3n) is 6.72. The van der Waals surface area contributed by atoms with Crippen LogP contribution >= 0.6 is 0 Å². The fraction of sp³-hybridized carbons (Fsp3) is 0.520. The van der Waals surface area contributed by atoms with E-state index >= 15 is 0 Å². The quantitative estimate of drug-likeness (QED) is 0.655. The van der Waals surface area contributed by atoms with Gasteiger partial charge in [-0.15, -0.1) is 0 Å². The van der Waals surface area contributed by atoms with Gasteiger partial charge in [0, 0.05) is 38.9 Å². The summed E-state index contributed by atoms with van der Waals surface area (Å²) in [6, 6.07) is 9.37. The smallest absolute Gasteiger partial charge is 0.270 e. The standard InChI is InChI=1S/C25H34N4O4S/c1-19-8-6-9-20(14-19)16-27-24(30)21-10-7-13-29(18-21)34(32,33)22-15-23(26-17-22)25(31)28-11-4-2-3-5-12-28/h6,8-9,14-15,17,21,26H,2-5,7,10-13,16,18H2,1H3,(H,27,30). The number of aromatic nitrogens is 1. The normalized spacial score (nSPS) is 20.0. The summed E-state index contributed by atoms with van der Waals surface area (Å²) in [6.45, 7) is 4.33. The molecule has 0 bridgehead atoms. The molecule has 2 aliphatic rings. The van der Waals surface area contributed by atoms with Crippen molar-refractivity contribution in [3.05, 3.63) is 53.3 Å². The lowest BCUT2D eigenvalue weighted by Crippen LogP contribution is -2.45. The number of aromatic amines is 1. The molecule has 1 unspecified atom stereocenters. The van der Waals surface area contributed by atoms with Crippen LogP contribution in [0.4, 0.5) is 0 Å². The van der Waals surface area contributed by atoms with E-state index in [0.29, 0.717) is 44.7 Å². The number of hydrogen-bond acceptors (Lipinski definition) is 4. The highest BCUT2D eigenvalue weighted by Gasteiger charge is 2.34. The molecule has 2 N–H and O–H groups in total. The van der Waals surface area contributed by atoms with E-state index in [4.69, 9.17) is 0 Å². The second-order valence-corrected chi connectivity index (χ2v) is 11.3. The van der Waals surface area contributed by atoms with Gasteiger partial charge in [0.1, 0.15) is 10.6 Å². The number of likely N-dealkylation sites (tertiary alicyclic amines) is 1. The molecular weight excluding hydrogens is 452 g/mol. The van der Waals surface area contributed by atoms with Crippen molar-refractivity contribution < 1.29 is 18.0 Å². The van der Waals surface area contributed by atoms with Crippen LogP contribution in [0.1, 0.15) is 60.1 Å². The molecule has 4 rings (SSSR count). The molecule has 2 aromatic rings. The molecule has 1 atom stereocenters. The Hall–Kier alpha value is -2.65. The number of rotatable bonds is 6. The number of hydrogen-bond donors (Lipinski definition) is 2. The number of aryl methyl sites for hydroxylation is 1. The first-order chi connectivity index (χ1) is 16.3. The van der Waals surface area contributed by atoms with Gasteiger partial charge in [0.2, 0.25) is 15.9 Å². The first-order valence-electron chi connectivity index (χ1n) is 12.2. The molecule has 3 heterocycles. The van der Waals surface area contributed by atoms with Gasteiger partial charge in [0.05, 0.1) is 5.92 Å². The Morgan fingerprint density at radius 2 is 1.82 bits per heavy atom. The van der Waals surface area contributed by atoms with E-state index in [2.05, 4.69) is 10.3 Å². The fourth-order valence-corrected chi connectivity index (χ4v) is 6.29. The van der Waals surface area contributed by atoms with E-state index in [-0.39, 0.29) is 23.3 Å². The molecule has 34 heavy (non-hydrogen) atoms. The molecule has 2 amide bonds. The van der Waals surface area contributed by atoms with Gasteiger partial charge in [-0.2, -0.15) is 4.31 Å². The highest BCUT2D eigenvalue weighted by molar-refractivity contribution is 7.89. The van der Waals surface area contributed by atoms with Crippen LogP contribution < -0.4 is 5.32 Å². The van der Waals surface area contributed by atoms with Crippen LogP contribution in [-0.2, 0) is 21.4 Å². The molecule has 1 aromatic carbocycles. The number of nitrogens with one attached hydrogen (secondary N) is 2. The SMILES string of the molecule is Cc1cccc(CNC(=O)C2CCCN(S(=O)(=O)c3c[nH]c(C(=O)N4CCCCCC4)c3)C2)c1. The van der Waals surface area contributed by atoms with Crippen LogP contribution in [0.25, 0.3) is 0 Å². The molecule has 9 heteroatoms. The minimum atomic E-state index is -3.80. The maximum Gasteiger partial charge on any atom is 0.270 e. The predicted molar refractivity (Wildman–Crippen MR) is 130 cm³/mol. The van der Waals surface area contributed by atoms with Crippen molar-refractivity contribution in [3.63, 3.8) is 0 Å². The zero-order valence-corrected chi connectivity index (χ0v) is 20.6. The number of amides is 2. The van der Waals surface area contributed by atoms with E-state index in [1.54, 1.807) is 4.90 Å². The Balaban J connectivity index is 1.39. The molecule has 0 saturated carbocycles. The van der Waals surface area contributed by atoms with Gasteiger partial charge >= 0.3 is 0 Å². The summed E-state index contributed by atoms with van der Waals surface area (Å²) in [5, 5.41) is 2.95. The van der Waals surface area contributed by atoms with Crippen molar-refractivity contribution in [1.29, 1.82) is 0 Å². The van der Waals surface area contributed by atoms with Gasteiger partial charge in [-0.3, -0.25) is 9.59 Å². The number of piperidine rings is 1. The highest BCUT2D eigenvalue weighted by atomic mass is 32.2. The van der Waals surface area contributed by atoms with E-state index in [1.807, 2.05) is 31.2 Å². The molecule has 0 aliphatic carbocycles. The molecule has 2 saturated heterocycles. The van der Waals surface area contributed by atoms with Crippen molar-refractivity contribution in [3.8, 4) is 0 Å². The van der Waals surface area contributed by atoms with E-state index < -0.39 is 15.9 Å². The molecule has 184 valence electrons. The van der Waals surface area contributed by atoms with E-state index in [0.717, 1.165) is 36.8 Å². The summed E-state index contributed by atoms with van der Waals surface area (Å²) in [5.41, 5.74) is 2.44. The van der Waals surface area contributed by atoms with Crippen LogP contribution in [0.5, 0.6) is 0 Å². The molecule has 0 spiro atoms. The number of H-pyrrole nitrogens is 1. The molecule has 1 aromatic heterocycles. The Labute approximate surface area is 201 Å². The Bertz CT molecular complexity index is 1120. The lowest BCUT2D eigenvalue weighted by molar-refractivity contribution is -0.126. The average Bonchev–Trinajstić information content (AvgIpc) is 3.19. The second-order valence-electron chi connectivity index (χ2n) is 9.36. The van der Waals surface area contributed by atoms with Crippen LogP contribution in [0.15, 0.2) is 41.4 Å². The lowest BCUT2D eigenvalue weighted by atomic mass is 9.98. The molecular formula is C25H34N4O4S. The monoisotopic (exact) mass is 486 g/mol. The third-order valence-corrected chi connectivity index (χ3v) is 8.57. The summed E-state index contributed by atoms with van der Waals surface area (Å²) < 4.78 is 27.9. The van der Waals surface area contributed by atoms with Crippen LogP contribution in [0.3, 0.4) is 0 Å². The maximum absolute atomic E-state index is 13.3. The van der Waals surface area contributed by atoms with Crippen molar-refractivity contribution in [2.75, 3.05) is 26.2 Å². The van der Waals surface area contributed by atoms with Crippen molar-refractivity contribution in [2.45, 2.75) is 56.9 Å². The number of nitrogens with zero attached hydrogens (tertiary/aromatic N) is 2. The fourth-order valence-electron chi connectivity index (χ4n) is 4.77. The Morgan fingerprint density at radius 3 is 2.56 bits per heavy atom. The van der Waals surface area contributed by atoms with Crippen LogP contribution in [0, 0.1) is 12.8 Å². The third kappa shape index (κ3) is 5.70. The number of carbonyl (C=O) groups is 2. The summed E-state index contributed by atoms with van der Waals surface area (Å²) in [5.74, 6) is -0.687. The number of sulfonamides is 1. The summed E-state index contributed by atoms with van der Waals surface area (Å²) >= 11 is 0. The average molecular weight is 487 g/mol.